The first kappa shape index (κ1) is 15.8. The van der Waals surface area contributed by atoms with Crippen LogP contribution < -0.4 is 5.32 Å². The van der Waals surface area contributed by atoms with Crippen molar-refractivity contribution in [2.75, 3.05) is 23.4 Å². The fourth-order valence-corrected chi connectivity index (χ4v) is 4.36. The van der Waals surface area contributed by atoms with Crippen LogP contribution in [0.25, 0.3) is 0 Å². The Bertz CT molecular complexity index is 629. The minimum atomic E-state index is -2.79. The van der Waals surface area contributed by atoms with Crippen LogP contribution >= 0.6 is 0 Å². The molecule has 0 aromatic carbocycles. The molecule has 1 fully saturated rings. The van der Waals surface area contributed by atoms with Crippen molar-refractivity contribution in [1.29, 1.82) is 5.26 Å². The van der Waals surface area contributed by atoms with Gasteiger partial charge >= 0.3 is 0 Å². The van der Waals surface area contributed by atoms with Crippen LogP contribution in [0.15, 0.2) is 0 Å². The average Bonchev–Trinajstić information content (AvgIpc) is 2.76. The Morgan fingerprint density at radius 2 is 2.10 bits per heavy atom. The summed E-state index contributed by atoms with van der Waals surface area (Å²) >= 11 is 0. The molecule has 0 unspecified atom stereocenters. The second-order valence-corrected chi connectivity index (χ2v) is 7.87. The molecule has 1 aromatic rings. The highest BCUT2D eigenvalue weighted by atomic mass is 32.2. The van der Waals surface area contributed by atoms with Crippen LogP contribution in [0.1, 0.15) is 37.4 Å². The van der Waals surface area contributed by atoms with Gasteiger partial charge in [-0.3, -0.25) is 4.68 Å². The van der Waals surface area contributed by atoms with E-state index in [-0.39, 0.29) is 0 Å². The molecule has 0 saturated carbocycles. The lowest BCUT2D eigenvalue weighted by atomic mass is 9.99. The predicted molar refractivity (Wildman–Crippen MR) is 81.8 cm³/mol. The van der Waals surface area contributed by atoms with Gasteiger partial charge in [0.1, 0.15) is 27.3 Å². The molecule has 1 aliphatic rings. The van der Waals surface area contributed by atoms with Crippen LogP contribution in [0.2, 0.25) is 0 Å². The average molecular weight is 310 g/mol. The third-order valence-corrected chi connectivity index (χ3v) is 5.80. The summed E-state index contributed by atoms with van der Waals surface area (Å²) in [7, 11) is -0.959. The van der Waals surface area contributed by atoms with Crippen molar-refractivity contribution in [3.05, 3.63) is 11.3 Å². The molecule has 0 bridgehead atoms. The summed E-state index contributed by atoms with van der Waals surface area (Å²) in [5, 5.41) is 16.9. The Hall–Kier alpha value is -1.55. The van der Waals surface area contributed by atoms with Crippen molar-refractivity contribution < 1.29 is 8.42 Å². The minimum absolute atomic E-state index is 0.312. The number of aromatic nitrogens is 2. The first-order chi connectivity index (χ1) is 9.96. The van der Waals surface area contributed by atoms with Gasteiger partial charge in [-0.2, -0.15) is 10.4 Å². The highest BCUT2D eigenvalue weighted by molar-refractivity contribution is 7.91. The molecule has 2 heterocycles. The van der Waals surface area contributed by atoms with Gasteiger partial charge in [0.2, 0.25) is 0 Å². The van der Waals surface area contributed by atoms with Crippen LogP contribution in [-0.2, 0) is 23.3 Å². The van der Waals surface area contributed by atoms with Crippen LogP contribution in [0.5, 0.6) is 0 Å². The Labute approximate surface area is 126 Å². The summed E-state index contributed by atoms with van der Waals surface area (Å²) in [6.45, 7) is 2.72. The smallest absolute Gasteiger partial charge is 0.150 e. The number of nitriles is 1. The van der Waals surface area contributed by atoms with E-state index in [4.69, 9.17) is 0 Å². The third kappa shape index (κ3) is 3.76. The summed E-state index contributed by atoms with van der Waals surface area (Å²) in [5.41, 5.74) is 1.43. The van der Waals surface area contributed by atoms with E-state index < -0.39 is 9.84 Å². The lowest BCUT2D eigenvalue weighted by Gasteiger charge is -2.22. The van der Waals surface area contributed by atoms with Gasteiger partial charge in [0.15, 0.2) is 0 Å². The van der Waals surface area contributed by atoms with Gasteiger partial charge in [-0.25, -0.2) is 8.42 Å². The zero-order valence-corrected chi connectivity index (χ0v) is 13.4. The van der Waals surface area contributed by atoms with E-state index in [1.165, 1.54) is 0 Å². The normalized spacial score (nSPS) is 18.3. The lowest BCUT2D eigenvalue weighted by Crippen LogP contribution is -2.24. The summed E-state index contributed by atoms with van der Waals surface area (Å²) < 4.78 is 24.5. The quantitative estimate of drug-likeness (QED) is 0.890. The predicted octanol–water partition coefficient (Wildman–Crippen LogP) is 1.48. The summed E-state index contributed by atoms with van der Waals surface area (Å²) in [4.78, 5) is 0. The van der Waals surface area contributed by atoms with E-state index in [2.05, 4.69) is 16.5 Å². The van der Waals surface area contributed by atoms with E-state index in [1.807, 2.05) is 14.0 Å². The molecule has 1 saturated heterocycles. The molecular weight excluding hydrogens is 288 g/mol. The monoisotopic (exact) mass is 310 g/mol. The maximum Gasteiger partial charge on any atom is 0.150 e. The highest BCUT2D eigenvalue weighted by Gasteiger charge is 2.23. The molecular formula is C14H22N4O2S. The van der Waals surface area contributed by atoms with Gasteiger partial charge < -0.3 is 5.32 Å². The summed E-state index contributed by atoms with van der Waals surface area (Å²) in [6, 6.07) is 2.21. The molecule has 0 spiro atoms. The molecule has 1 aliphatic heterocycles. The fourth-order valence-electron chi connectivity index (χ4n) is 2.77. The molecule has 6 nitrogen and oxygen atoms in total. The van der Waals surface area contributed by atoms with Crippen molar-refractivity contribution in [2.24, 2.45) is 13.0 Å². The largest absolute Gasteiger partial charge is 0.369 e. The van der Waals surface area contributed by atoms with Crippen molar-refractivity contribution in [3.63, 3.8) is 0 Å². The first-order valence-corrected chi connectivity index (χ1v) is 9.19. The highest BCUT2D eigenvalue weighted by Crippen LogP contribution is 2.23. The third-order valence-electron chi connectivity index (χ3n) is 4.09. The van der Waals surface area contributed by atoms with Crippen LogP contribution in [0.3, 0.4) is 0 Å². The Kier molecular flexibility index (Phi) is 4.88. The van der Waals surface area contributed by atoms with Crippen molar-refractivity contribution >= 4 is 15.7 Å². The minimum Gasteiger partial charge on any atom is -0.369 e. The van der Waals surface area contributed by atoms with E-state index in [0.29, 0.717) is 23.0 Å². The maximum atomic E-state index is 11.4. The second kappa shape index (κ2) is 6.48. The van der Waals surface area contributed by atoms with Gasteiger partial charge in [0, 0.05) is 13.6 Å². The van der Waals surface area contributed by atoms with E-state index in [0.717, 1.165) is 43.7 Å². The molecule has 0 atom stereocenters. The number of hydrogen-bond acceptors (Lipinski definition) is 5. The number of anilines is 1. The SMILES string of the molecule is CCc1nn(C)c(NCCC2CCS(=O)(=O)CC2)c1C#N. The standard InChI is InChI=1S/C14H22N4O2S/c1-3-13-12(10-15)14(18(2)17-13)16-7-4-11-5-8-21(19,20)9-6-11/h11,16H,3-9H2,1-2H3. The Morgan fingerprint density at radius 3 is 2.67 bits per heavy atom. The van der Waals surface area contributed by atoms with Crippen molar-refractivity contribution in [3.8, 4) is 6.07 Å². The maximum absolute atomic E-state index is 11.4. The molecule has 21 heavy (non-hydrogen) atoms. The Morgan fingerprint density at radius 1 is 1.43 bits per heavy atom. The molecule has 7 heteroatoms. The number of rotatable bonds is 5. The van der Waals surface area contributed by atoms with E-state index in [9.17, 15) is 13.7 Å². The number of nitrogens with zero attached hydrogens (tertiary/aromatic N) is 3. The van der Waals surface area contributed by atoms with Gasteiger partial charge in [-0.1, -0.05) is 6.92 Å². The van der Waals surface area contributed by atoms with E-state index >= 15 is 0 Å². The van der Waals surface area contributed by atoms with Crippen LogP contribution in [0, 0.1) is 17.2 Å². The molecule has 1 aromatic heterocycles. The topological polar surface area (TPSA) is 87.8 Å². The molecule has 116 valence electrons. The van der Waals surface area contributed by atoms with Crippen LogP contribution in [-0.4, -0.2) is 36.2 Å². The van der Waals surface area contributed by atoms with Crippen molar-refractivity contribution in [2.45, 2.75) is 32.6 Å². The summed E-state index contributed by atoms with van der Waals surface area (Å²) in [5.74, 6) is 1.84. The van der Waals surface area contributed by atoms with Crippen molar-refractivity contribution in [1.82, 2.24) is 9.78 Å². The van der Waals surface area contributed by atoms with Gasteiger partial charge in [0.05, 0.1) is 17.2 Å². The molecule has 0 radical (unpaired) electrons. The molecule has 2 rings (SSSR count). The zero-order valence-electron chi connectivity index (χ0n) is 12.6. The number of sulfone groups is 1. The molecule has 0 amide bonds. The Balaban J connectivity index is 1.90. The van der Waals surface area contributed by atoms with Gasteiger partial charge in [0.25, 0.3) is 0 Å². The first-order valence-electron chi connectivity index (χ1n) is 7.37. The molecule has 1 N–H and O–H groups in total. The number of nitrogens with one attached hydrogen (secondary N) is 1. The number of hydrogen-bond donors (Lipinski definition) is 1. The zero-order chi connectivity index (χ0) is 15.5. The summed E-state index contributed by atoms with van der Waals surface area (Å²) in [6.07, 6.45) is 3.16. The second-order valence-electron chi connectivity index (χ2n) is 5.57. The van der Waals surface area contributed by atoms with Crippen LogP contribution in [0.4, 0.5) is 5.82 Å². The lowest BCUT2D eigenvalue weighted by molar-refractivity contribution is 0.445. The fraction of sp³-hybridized carbons (Fsp3) is 0.714. The van der Waals surface area contributed by atoms with Gasteiger partial charge in [-0.05, 0) is 31.6 Å². The number of aryl methyl sites for hydroxylation is 2. The van der Waals surface area contributed by atoms with Gasteiger partial charge in [-0.15, -0.1) is 0 Å². The van der Waals surface area contributed by atoms with E-state index in [1.54, 1.807) is 4.68 Å². The molecule has 0 aliphatic carbocycles.